The summed E-state index contributed by atoms with van der Waals surface area (Å²) in [4.78, 5) is 2.32. The molecule has 0 aliphatic heterocycles. The highest BCUT2D eigenvalue weighted by atomic mass is 16.5. The molecule has 0 aromatic heterocycles. The van der Waals surface area contributed by atoms with Gasteiger partial charge < -0.3 is 15.0 Å². The Morgan fingerprint density at radius 1 is 1.04 bits per heavy atom. The van der Waals surface area contributed by atoms with Gasteiger partial charge in [0.05, 0.1) is 6.61 Å². The molecule has 23 heavy (non-hydrogen) atoms. The maximum atomic E-state index is 5.74. The van der Waals surface area contributed by atoms with Crippen molar-refractivity contribution in [3.05, 3.63) is 60.2 Å². The molecule has 2 rings (SSSR count). The number of nitrogens with zero attached hydrogens (tertiary/aromatic N) is 1. The third kappa shape index (κ3) is 6.74. The summed E-state index contributed by atoms with van der Waals surface area (Å²) in [7, 11) is 2.15. The molecule has 0 aliphatic carbocycles. The topological polar surface area (TPSA) is 24.5 Å². The molecule has 0 amide bonds. The maximum Gasteiger partial charge on any atom is 0.121 e. The van der Waals surface area contributed by atoms with Gasteiger partial charge in [0.25, 0.3) is 0 Å². The van der Waals surface area contributed by atoms with Crippen LogP contribution in [-0.2, 0) is 6.54 Å². The van der Waals surface area contributed by atoms with Gasteiger partial charge in [0.15, 0.2) is 0 Å². The molecule has 0 unspecified atom stereocenters. The van der Waals surface area contributed by atoms with Gasteiger partial charge in [-0.1, -0.05) is 49.7 Å². The highest BCUT2D eigenvalue weighted by Gasteiger charge is 2.01. The number of rotatable bonds is 10. The fourth-order valence-corrected chi connectivity index (χ4v) is 2.40. The third-order valence-electron chi connectivity index (χ3n) is 3.72. The van der Waals surface area contributed by atoms with Crippen molar-refractivity contribution >= 4 is 5.69 Å². The van der Waals surface area contributed by atoms with E-state index >= 15 is 0 Å². The lowest BCUT2D eigenvalue weighted by atomic mass is 10.2. The Kier molecular flexibility index (Phi) is 7.47. The first kappa shape index (κ1) is 17.4. The molecule has 1 N–H and O–H groups in total. The monoisotopic (exact) mass is 312 g/mol. The Morgan fingerprint density at radius 2 is 1.87 bits per heavy atom. The normalized spacial score (nSPS) is 10.7. The van der Waals surface area contributed by atoms with Crippen molar-refractivity contribution in [1.82, 2.24) is 4.90 Å². The van der Waals surface area contributed by atoms with Crippen molar-refractivity contribution in [1.29, 1.82) is 0 Å². The van der Waals surface area contributed by atoms with Gasteiger partial charge in [-0.25, -0.2) is 0 Å². The summed E-state index contributed by atoms with van der Waals surface area (Å²) in [6.45, 7) is 5.85. The number of ether oxygens (including phenoxy) is 1. The zero-order chi connectivity index (χ0) is 16.3. The fourth-order valence-electron chi connectivity index (χ4n) is 2.40. The van der Waals surface area contributed by atoms with E-state index < -0.39 is 0 Å². The lowest BCUT2D eigenvalue weighted by molar-refractivity contribution is 0.309. The van der Waals surface area contributed by atoms with Crippen molar-refractivity contribution in [3.8, 4) is 5.75 Å². The zero-order valence-electron chi connectivity index (χ0n) is 14.3. The summed E-state index contributed by atoms with van der Waals surface area (Å²) in [6, 6.07) is 18.8. The Morgan fingerprint density at radius 3 is 2.65 bits per heavy atom. The van der Waals surface area contributed by atoms with Crippen molar-refractivity contribution in [2.75, 3.05) is 32.1 Å². The molecule has 124 valence electrons. The number of anilines is 1. The minimum atomic E-state index is 0.791. The predicted octanol–water partition coefficient (Wildman–Crippen LogP) is 4.41. The van der Waals surface area contributed by atoms with E-state index in [9.17, 15) is 0 Å². The Balaban J connectivity index is 1.72. The maximum absolute atomic E-state index is 5.74. The van der Waals surface area contributed by atoms with E-state index in [4.69, 9.17) is 4.74 Å². The standard InChI is InChI=1S/C20H28N2O/c1-3-4-15-23-20-12-8-11-19(16-20)21-13-14-22(2)17-18-9-6-5-7-10-18/h5-12,16,21H,3-4,13-15,17H2,1-2H3. The van der Waals surface area contributed by atoms with E-state index in [2.05, 4.69) is 66.7 Å². The molecular formula is C20H28N2O. The van der Waals surface area contributed by atoms with E-state index in [0.29, 0.717) is 0 Å². The summed E-state index contributed by atoms with van der Waals surface area (Å²) >= 11 is 0. The highest BCUT2D eigenvalue weighted by molar-refractivity contribution is 5.48. The summed E-state index contributed by atoms with van der Waals surface area (Å²) in [5, 5.41) is 3.47. The first-order valence-electron chi connectivity index (χ1n) is 8.47. The van der Waals surface area contributed by atoms with Gasteiger partial charge in [-0.15, -0.1) is 0 Å². The van der Waals surface area contributed by atoms with Crippen LogP contribution in [0.15, 0.2) is 54.6 Å². The van der Waals surface area contributed by atoms with Gasteiger partial charge in [-0.05, 0) is 31.2 Å². The second-order valence-electron chi connectivity index (χ2n) is 5.88. The number of likely N-dealkylation sites (N-methyl/N-ethyl adjacent to an activating group) is 1. The van der Waals surface area contributed by atoms with Crippen molar-refractivity contribution in [2.45, 2.75) is 26.3 Å². The van der Waals surface area contributed by atoms with Crippen LogP contribution in [0.1, 0.15) is 25.3 Å². The minimum Gasteiger partial charge on any atom is -0.494 e. The molecule has 2 aromatic carbocycles. The van der Waals surface area contributed by atoms with Crippen LogP contribution in [-0.4, -0.2) is 31.6 Å². The molecule has 0 bridgehead atoms. The average molecular weight is 312 g/mol. The van der Waals surface area contributed by atoms with Crippen molar-refractivity contribution in [3.63, 3.8) is 0 Å². The summed E-state index contributed by atoms with van der Waals surface area (Å²) in [5.74, 6) is 0.945. The minimum absolute atomic E-state index is 0.791. The van der Waals surface area contributed by atoms with Crippen LogP contribution in [0, 0.1) is 0 Å². The molecule has 0 saturated heterocycles. The van der Waals surface area contributed by atoms with Gasteiger partial charge in [0.2, 0.25) is 0 Å². The molecule has 0 spiro atoms. The van der Waals surface area contributed by atoms with Crippen molar-refractivity contribution < 1.29 is 4.74 Å². The molecule has 0 aliphatic rings. The molecule has 0 radical (unpaired) electrons. The second kappa shape index (κ2) is 9.90. The third-order valence-corrected chi connectivity index (χ3v) is 3.72. The van der Waals surface area contributed by atoms with E-state index in [-0.39, 0.29) is 0 Å². The van der Waals surface area contributed by atoms with Gasteiger partial charge in [0, 0.05) is 31.4 Å². The van der Waals surface area contributed by atoms with Gasteiger partial charge >= 0.3 is 0 Å². The van der Waals surface area contributed by atoms with E-state index in [1.807, 2.05) is 12.1 Å². The lowest BCUT2D eigenvalue weighted by Crippen LogP contribution is -2.24. The highest BCUT2D eigenvalue weighted by Crippen LogP contribution is 2.17. The van der Waals surface area contributed by atoms with Crippen LogP contribution in [0.5, 0.6) is 5.75 Å². The quantitative estimate of drug-likeness (QED) is 0.658. The van der Waals surface area contributed by atoms with Gasteiger partial charge in [0.1, 0.15) is 5.75 Å². The summed E-state index contributed by atoms with van der Waals surface area (Å²) in [6.07, 6.45) is 2.26. The Hall–Kier alpha value is -2.00. The molecule has 3 nitrogen and oxygen atoms in total. The second-order valence-corrected chi connectivity index (χ2v) is 5.88. The van der Waals surface area contributed by atoms with Crippen LogP contribution in [0.4, 0.5) is 5.69 Å². The van der Waals surface area contributed by atoms with E-state index in [1.165, 1.54) is 5.56 Å². The number of nitrogens with one attached hydrogen (secondary N) is 1. The number of benzene rings is 2. The van der Waals surface area contributed by atoms with Crippen molar-refractivity contribution in [2.24, 2.45) is 0 Å². The Bertz CT molecular complexity index is 557. The average Bonchev–Trinajstić information content (AvgIpc) is 2.56. The first-order valence-corrected chi connectivity index (χ1v) is 8.47. The number of hydrogen-bond donors (Lipinski definition) is 1. The van der Waals surface area contributed by atoms with Crippen LogP contribution < -0.4 is 10.1 Å². The zero-order valence-corrected chi connectivity index (χ0v) is 14.3. The number of unbranched alkanes of at least 4 members (excludes halogenated alkanes) is 1. The summed E-state index contributed by atoms with van der Waals surface area (Å²) in [5.41, 5.74) is 2.47. The predicted molar refractivity (Wildman–Crippen MR) is 98.1 cm³/mol. The van der Waals surface area contributed by atoms with Crippen LogP contribution >= 0.6 is 0 Å². The SMILES string of the molecule is CCCCOc1cccc(NCCN(C)Cc2ccccc2)c1. The molecule has 3 heteroatoms. The largest absolute Gasteiger partial charge is 0.494 e. The first-order chi connectivity index (χ1) is 11.3. The molecule has 2 aromatic rings. The molecule has 0 saturated carbocycles. The molecular weight excluding hydrogens is 284 g/mol. The van der Waals surface area contributed by atoms with E-state index in [0.717, 1.165) is 50.5 Å². The van der Waals surface area contributed by atoms with Crippen LogP contribution in [0.2, 0.25) is 0 Å². The molecule has 0 heterocycles. The molecule has 0 fully saturated rings. The fraction of sp³-hybridized carbons (Fsp3) is 0.400. The van der Waals surface area contributed by atoms with Crippen LogP contribution in [0.25, 0.3) is 0 Å². The Labute approximate surface area is 140 Å². The smallest absolute Gasteiger partial charge is 0.121 e. The lowest BCUT2D eigenvalue weighted by Gasteiger charge is -2.17. The number of hydrogen-bond acceptors (Lipinski definition) is 3. The van der Waals surface area contributed by atoms with Gasteiger partial charge in [-0.3, -0.25) is 0 Å². The van der Waals surface area contributed by atoms with Gasteiger partial charge in [-0.2, -0.15) is 0 Å². The molecule has 0 atom stereocenters. The van der Waals surface area contributed by atoms with E-state index in [1.54, 1.807) is 0 Å². The van der Waals surface area contributed by atoms with Crippen LogP contribution in [0.3, 0.4) is 0 Å². The summed E-state index contributed by atoms with van der Waals surface area (Å²) < 4.78 is 5.74.